The average molecular weight is 291 g/mol. The Labute approximate surface area is 125 Å². The van der Waals surface area contributed by atoms with Gasteiger partial charge < -0.3 is 0 Å². The molecule has 20 heavy (non-hydrogen) atoms. The molecular formula is C18H20ClF. The van der Waals surface area contributed by atoms with Gasteiger partial charge in [0.1, 0.15) is 5.82 Å². The minimum absolute atomic E-state index is 0.248. The molecule has 2 aromatic rings. The zero-order valence-electron chi connectivity index (χ0n) is 12.2. The van der Waals surface area contributed by atoms with E-state index in [4.69, 9.17) is 11.6 Å². The van der Waals surface area contributed by atoms with E-state index in [-0.39, 0.29) is 5.82 Å². The molecule has 0 aliphatic heterocycles. The van der Waals surface area contributed by atoms with Crippen molar-refractivity contribution < 1.29 is 4.39 Å². The number of rotatable bonds is 4. The summed E-state index contributed by atoms with van der Waals surface area (Å²) in [4.78, 5) is 0. The van der Waals surface area contributed by atoms with Crippen LogP contribution in [0.15, 0.2) is 42.5 Å². The second-order valence-electron chi connectivity index (χ2n) is 5.73. The van der Waals surface area contributed by atoms with Crippen molar-refractivity contribution in [1.29, 1.82) is 0 Å². The maximum Gasteiger partial charge on any atom is 0.128 e. The van der Waals surface area contributed by atoms with Crippen LogP contribution in [0.2, 0.25) is 0 Å². The van der Waals surface area contributed by atoms with Crippen LogP contribution in [0.1, 0.15) is 41.5 Å². The molecule has 0 radical (unpaired) electrons. The van der Waals surface area contributed by atoms with E-state index in [9.17, 15) is 4.39 Å². The Morgan fingerprint density at radius 2 is 1.70 bits per heavy atom. The first kappa shape index (κ1) is 15.1. The van der Waals surface area contributed by atoms with E-state index >= 15 is 0 Å². The summed E-state index contributed by atoms with van der Waals surface area (Å²) < 4.78 is 13.9. The van der Waals surface area contributed by atoms with E-state index < -0.39 is 5.38 Å². The van der Waals surface area contributed by atoms with Gasteiger partial charge in [0.2, 0.25) is 0 Å². The van der Waals surface area contributed by atoms with Gasteiger partial charge in [0.25, 0.3) is 0 Å². The van der Waals surface area contributed by atoms with E-state index in [1.807, 2.05) is 25.1 Å². The summed E-state index contributed by atoms with van der Waals surface area (Å²) in [6, 6.07) is 13.2. The van der Waals surface area contributed by atoms with Gasteiger partial charge in [-0.05, 0) is 36.5 Å². The molecule has 0 heterocycles. The number of hydrogen-bond donors (Lipinski definition) is 0. The molecule has 0 saturated heterocycles. The van der Waals surface area contributed by atoms with Crippen LogP contribution in [0.5, 0.6) is 0 Å². The maximum atomic E-state index is 13.9. The first-order valence-electron chi connectivity index (χ1n) is 6.96. The van der Waals surface area contributed by atoms with E-state index in [1.165, 1.54) is 11.6 Å². The summed E-state index contributed by atoms with van der Waals surface area (Å²) in [6.45, 7) is 6.33. The third kappa shape index (κ3) is 3.61. The molecule has 1 unspecified atom stereocenters. The summed E-state index contributed by atoms with van der Waals surface area (Å²) in [5, 5.41) is -0.442. The van der Waals surface area contributed by atoms with Crippen molar-refractivity contribution >= 4 is 11.6 Å². The lowest BCUT2D eigenvalue weighted by Crippen LogP contribution is -1.99. The Hall–Kier alpha value is -1.34. The van der Waals surface area contributed by atoms with Gasteiger partial charge in [0.15, 0.2) is 0 Å². The molecule has 0 fully saturated rings. The predicted molar refractivity (Wildman–Crippen MR) is 83.8 cm³/mol. The van der Waals surface area contributed by atoms with Crippen molar-refractivity contribution in [2.45, 2.75) is 32.6 Å². The van der Waals surface area contributed by atoms with E-state index in [0.717, 1.165) is 17.5 Å². The lowest BCUT2D eigenvalue weighted by atomic mass is 9.98. The molecule has 0 bridgehead atoms. The summed E-state index contributed by atoms with van der Waals surface area (Å²) >= 11 is 6.43. The van der Waals surface area contributed by atoms with Crippen LogP contribution >= 0.6 is 11.6 Å². The van der Waals surface area contributed by atoms with Gasteiger partial charge in [0.05, 0.1) is 5.38 Å². The molecule has 0 aliphatic carbocycles. The van der Waals surface area contributed by atoms with Gasteiger partial charge in [-0.2, -0.15) is 0 Å². The zero-order valence-corrected chi connectivity index (χ0v) is 12.9. The highest BCUT2D eigenvalue weighted by atomic mass is 35.5. The Morgan fingerprint density at radius 3 is 2.30 bits per heavy atom. The summed E-state index contributed by atoms with van der Waals surface area (Å²) in [5.74, 6) is 0.378. The Bertz CT molecular complexity index is 572. The fraction of sp³-hybridized carbons (Fsp3) is 0.333. The standard InChI is InChI=1S/C18H20ClF/c1-12(2)10-14-5-7-15(8-6-14)18(19)16-11-13(3)4-9-17(16)20/h4-9,11-12,18H,10H2,1-3H3. The second-order valence-corrected chi connectivity index (χ2v) is 6.16. The molecule has 1 atom stereocenters. The average Bonchev–Trinajstić information content (AvgIpc) is 2.41. The molecule has 106 valence electrons. The molecule has 0 nitrogen and oxygen atoms in total. The Morgan fingerprint density at radius 1 is 1.05 bits per heavy atom. The largest absolute Gasteiger partial charge is 0.207 e. The van der Waals surface area contributed by atoms with Crippen LogP contribution in [-0.2, 0) is 6.42 Å². The minimum atomic E-state index is -0.442. The highest BCUT2D eigenvalue weighted by Gasteiger charge is 2.15. The Kier molecular flexibility index (Phi) is 4.82. The quantitative estimate of drug-likeness (QED) is 0.637. The second kappa shape index (κ2) is 6.41. The molecule has 0 N–H and O–H groups in total. The van der Waals surface area contributed by atoms with Crippen molar-refractivity contribution in [3.63, 3.8) is 0 Å². The van der Waals surface area contributed by atoms with Gasteiger partial charge in [0, 0.05) is 5.56 Å². The third-order valence-electron chi connectivity index (χ3n) is 3.34. The van der Waals surface area contributed by atoms with Gasteiger partial charge in [-0.3, -0.25) is 0 Å². The van der Waals surface area contributed by atoms with E-state index in [0.29, 0.717) is 11.5 Å². The van der Waals surface area contributed by atoms with Crippen molar-refractivity contribution in [1.82, 2.24) is 0 Å². The topological polar surface area (TPSA) is 0 Å². The lowest BCUT2D eigenvalue weighted by Gasteiger charge is -2.13. The lowest BCUT2D eigenvalue weighted by molar-refractivity contribution is 0.611. The highest BCUT2D eigenvalue weighted by Crippen LogP contribution is 2.31. The van der Waals surface area contributed by atoms with Crippen LogP contribution in [0.25, 0.3) is 0 Å². The normalized spacial score (nSPS) is 12.7. The number of aryl methyl sites for hydroxylation is 1. The molecular weight excluding hydrogens is 271 g/mol. The molecule has 2 heteroatoms. The molecule has 2 aromatic carbocycles. The molecule has 2 rings (SSSR count). The van der Waals surface area contributed by atoms with Crippen LogP contribution in [0, 0.1) is 18.7 Å². The van der Waals surface area contributed by atoms with Gasteiger partial charge in [-0.1, -0.05) is 55.8 Å². The van der Waals surface area contributed by atoms with Crippen molar-refractivity contribution in [2.24, 2.45) is 5.92 Å². The smallest absolute Gasteiger partial charge is 0.128 e. The van der Waals surface area contributed by atoms with Crippen molar-refractivity contribution in [3.8, 4) is 0 Å². The molecule has 0 aromatic heterocycles. The maximum absolute atomic E-state index is 13.9. The SMILES string of the molecule is Cc1ccc(F)c(C(Cl)c2ccc(CC(C)C)cc2)c1. The number of alkyl halides is 1. The van der Waals surface area contributed by atoms with Crippen LogP contribution in [0.4, 0.5) is 4.39 Å². The predicted octanol–water partition coefficient (Wildman–Crippen LogP) is 5.66. The van der Waals surface area contributed by atoms with Crippen molar-refractivity contribution in [3.05, 3.63) is 70.5 Å². The number of halogens is 2. The van der Waals surface area contributed by atoms with Crippen molar-refractivity contribution in [2.75, 3.05) is 0 Å². The monoisotopic (exact) mass is 290 g/mol. The van der Waals surface area contributed by atoms with Crippen LogP contribution in [-0.4, -0.2) is 0 Å². The fourth-order valence-electron chi connectivity index (χ4n) is 2.33. The fourth-order valence-corrected chi connectivity index (χ4v) is 2.64. The molecule has 0 saturated carbocycles. The first-order chi connectivity index (χ1) is 9.47. The van der Waals surface area contributed by atoms with Gasteiger partial charge in [-0.25, -0.2) is 4.39 Å². The van der Waals surface area contributed by atoms with E-state index in [1.54, 1.807) is 6.07 Å². The summed E-state index contributed by atoms with van der Waals surface area (Å²) in [5.41, 5.74) is 3.78. The number of hydrogen-bond acceptors (Lipinski definition) is 0. The molecule has 0 aliphatic rings. The first-order valence-corrected chi connectivity index (χ1v) is 7.40. The number of benzene rings is 2. The zero-order chi connectivity index (χ0) is 14.7. The van der Waals surface area contributed by atoms with Crippen LogP contribution < -0.4 is 0 Å². The molecule has 0 amide bonds. The third-order valence-corrected chi connectivity index (χ3v) is 3.83. The molecule has 0 spiro atoms. The van der Waals surface area contributed by atoms with E-state index in [2.05, 4.69) is 26.0 Å². The van der Waals surface area contributed by atoms with Gasteiger partial charge in [-0.15, -0.1) is 11.6 Å². The highest BCUT2D eigenvalue weighted by molar-refractivity contribution is 6.22. The van der Waals surface area contributed by atoms with Gasteiger partial charge >= 0.3 is 0 Å². The summed E-state index contributed by atoms with van der Waals surface area (Å²) in [7, 11) is 0. The van der Waals surface area contributed by atoms with Crippen LogP contribution in [0.3, 0.4) is 0 Å². The summed E-state index contributed by atoms with van der Waals surface area (Å²) in [6.07, 6.45) is 1.05. The minimum Gasteiger partial charge on any atom is -0.207 e. The Balaban J connectivity index is 2.24.